The molecular formula is C46H81N7O10Si2. The second-order valence-electron chi connectivity index (χ2n) is 21.1. The number of rotatable bonds is 31. The van der Waals surface area contributed by atoms with E-state index >= 15 is 0 Å². The zero-order valence-electron chi connectivity index (χ0n) is 42.3. The minimum atomic E-state index is -2.37. The van der Waals surface area contributed by atoms with Crippen molar-refractivity contribution in [2.45, 2.75) is 188 Å². The standard InChI is InChI=1S/C46H81N7O10Si2/c1-16-17-28-60-41(57)45(10,32-44(8,9)40(56)59-29-22-27-58-26-21-19-18-20-25-49-52-47)33-46(11,51-53-48)39(55)50-38(61-34-54)31-35-23-24-36(62-64(12,13)42(2,3)4)37(30-35)63-65(14,15)43(5,6)7/h23-24,30,34,38H,16-22,25-29,31-33H2,1-15H3,(H,50,55). The van der Waals surface area contributed by atoms with Crippen LogP contribution in [-0.2, 0) is 44.5 Å². The maximum Gasteiger partial charge on any atom is 0.311 e. The molecule has 0 saturated heterocycles. The van der Waals surface area contributed by atoms with Gasteiger partial charge in [0.05, 0.1) is 24.0 Å². The molecule has 3 unspecified atom stereocenters. The highest BCUT2D eigenvalue weighted by Gasteiger charge is 2.50. The van der Waals surface area contributed by atoms with E-state index in [1.54, 1.807) is 20.8 Å². The molecule has 65 heavy (non-hydrogen) atoms. The summed E-state index contributed by atoms with van der Waals surface area (Å²) in [4.78, 5) is 59.5. The highest BCUT2D eigenvalue weighted by molar-refractivity contribution is 6.75. The summed E-state index contributed by atoms with van der Waals surface area (Å²) in [5.74, 6) is -0.859. The van der Waals surface area contributed by atoms with Crippen molar-refractivity contribution < 1.29 is 47.0 Å². The Bertz CT molecular complexity index is 1800. The van der Waals surface area contributed by atoms with Crippen LogP contribution in [0.15, 0.2) is 28.4 Å². The third kappa shape index (κ3) is 19.6. The number of hydrogen-bond donors (Lipinski definition) is 1. The molecule has 0 saturated carbocycles. The van der Waals surface area contributed by atoms with Gasteiger partial charge in [-0.15, -0.1) is 0 Å². The van der Waals surface area contributed by atoms with Gasteiger partial charge in [0.1, 0.15) is 17.0 Å². The average Bonchev–Trinajstić information content (AvgIpc) is 3.18. The van der Waals surface area contributed by atoms with Crippen molar-refractivity contribution >= 4 is 41.0 Å². The van der Waals surface area contributed by atoms with E-state index in [9.17, 15) is 24.7 Å². The summed E-state index contributed by atoms with van der Waals surface area (Å²) < 4.78 is 36.0. The fourth-order valence-electron chi connectivity index (χ4n) is 6.58. The molecule has 0 aromatic heterocycles. The van der Waals surface area contributed by atoms with Crippen LogP contribution in [-0.4, -0.2) is 85.7 Å². The molecule has 1 aromatic rings. The summed E-state index contributed by atoms with van der Waals surface area (Å²) in [5.41, 5.74) is 14.1. The van der Waals surface area contributed by atoms with Crippen molar-refractivity contribution in [1.82, 2.24) is 5.32 Å². The van der Waals surface area contributed by atoms with Crippen molar-refractivity contribution in [2.24, 2.45) is 21.1 Å². The van der Waals surface area contributed by atoms with Gasteiger partial charge in [-0.1, -0.05) is 84.0 Å². The summed E-state index contributed by atoms with van der Waals surface area (Å²) in [6, 6.07) is 5.53. The van der Waals surface area contributed by atoms with Crippen molar-refractivity contribution in [2.75, 3.05) is 33.0 Å². The first kappa shape index (κ1) is 58.7. The molecule has 0 fully saturated rings. The Morgan fingerprint density at radius 3 is 1.88 bits per heavy atom. The summed E-state index contributed by atoms with van der Waals surface area (Å²) in [6.07, 6.45) is 3.76. The molecule has 0 aliphatic carbocycles. The van der Waals surface area contributed by atoms with Gasteiger partial charge in [0.15, 0.2) is 6.23 Å². The fraction of sp³-hybridized carbons (Fsp3) is 0.783. The topological polar surface area (TPSA) is 233 Å². The molecule has 0 heterocycles. The number of carbonyl (C=O) groups excluding carboxylic acids is 4. The fourth-order valence-corrected chi connectivity index (χ4v) is 8.62. The van der Waals surface area contributed by atoms with Crippen molar-refractivity contribution in [3.63, 3.8) is 0 Å². The second kappa shape index (κ2) is 26.2. The molecule has 1 amide bonds. The van der Waals surface area contributed by atoms with Crippen LogP contribution in [0.25, 0.3) is 20.9 Å². The lowest BCUT2D eigenvalue weighted by atomic mass is 9.68. The first-order valence-electron chi connectivity index (χ1n) is 22.9. The smallest absolute Gasteiger partial charge is 0.311 e. The zero-order valence-corrected chi connectivity index (χ0v) is 44.3. The quantitative estimate of drug-likeness (QED) is 0.00850. The summed E-state index contributed by atoms with van der Waals surface area (Å²) in [7, 11) is -4.67. The number of azide groups is 2. The number of amides is 1. The summed E-state index contributed by atoms with van der Waals surface area (Å²) in [6.45, 7) is 31.6. The predicted molar refractivity (Wildman–Crippen MR) is 258 cm³/mol. The molecule has 0 radical (unpaired) electrons. The number of benzene rings is 1. The van der Waals surface area contributed by atoms with Crippen LogP contribution >= 0.6 is 0 Å². The van der Waals surface area contributed by atoms with Gasteiger partial charge in [0.2, 0.25) is 5.91 Å². The van der Waals surface area contributed by atoms with E-state index in [-0.39, 0.29) is 49.0 Å². The third-order valence-electron chi connectivity index (χ3n) is 12.4. The van der Waals surface area contributed by atoms with E-state index in [0.29, 0.717) is 49.7 Å². The first-order chi connectivity index (χ1) is 30.0. The Morgan fingerprint density at radius 1 is 0.738 bits per heavy atom. The van der Waals surface area contributed by atoms with Crippen LogP contribution in [0.4, 0.5) is 0 Å². The molecule has 1 rings (SSSR count). The lowest BCUT2D eigenvalue weighted by Gasteiger charge is -2.40. The number of carbonyl (C=O) groups is 4. The van der Waals surface area contributed by atoms with Gasteiger partial charge in [-0.05, 0) is 125 Å². The van der Waals surface area contributed by atoms with Gasteiger partial charge in [-0.25, -0.2) is 0 Å². The highest BCUT2D eigenvalue weighted by Crippen LogP contribution is 2.45. The van der Waals surface area contributed by atoms with Crippen molar-refractivity contribution in [3.05, 3.63) is 44.6 Å². The highest BCUT2D eigenvalue weighted by atomic mass is 28.4. The van der Waals surface area contributed by atoms with E-state index in [1.807, 2.05) is 25.1 Å². The number of nitrogens with one attached hydrogen (secondary N) is 1. The van der Waals surface area contributed by atoms with E-state index in [2.05, 4.69) is 93.1 Å². The lowest BCUT2D eigenvalue weighted by molar-refractivity contribution is -0.164. The van der Waals surface area contributed by atoms with E-state index in [0.717, 1.165) is 32.1 Å². The van der Waals surface area contributed by atoms with Gasteiger partial charge in [-0.3, -0.25) is 19.2 Å². The number of unbranched alkanes of at least 4 members (excludes halogenated alkanes) is 4. The molecular weight excluding hydrogens is 867 g/mol. The van der Waals surface area contributed by atoms with Crippen LogP contribution in [0.1, 0.15) is 140 Å². The SMILES string of the molecule is CCCCOC(=O)C(C)(CC(C)(C)C(=O)OCCCOCCCCCCN=[N+]=[N-])CC(C)(N=[N+]=[N-])C(=O)NC(Cc1ccc(O[Si](C)(C)C(C)(C)C)c(O[Si](C)(C)C(C)(C)C)c1)OC=O. The molecule has 0 spiro atoms. The van der Waals surface area contributed by atoms with Gasteiger partial charge in [0.25, 0.3) is 23.1 Å². The second-order valence-corrected chi connectivity index (χ2v) is 30.6. The summed E-state index contributed by atoms with van der Waals surface area (Å²) in [5, 5.41) is 9.97. The van der Waals surface area contributed by atoms with Crippen LogP contribution in [0, 0.1) is 10.8 Å². The molecule has 0 aliphatic heterocycles. The Kier molecular flexibility index (Phi) is 23.6. The van der Waals surface area contributed by atoms with Gasteiger partial charge in [0, 0.05) is 42.4 Å². The zero-order chi connectivity index (χ0) is 49.8. The number of ether oxygens (including phenoxy) is 4. The van der Waals surface area contributed by atoms with Gasteiger partial charge in [-0.2, -0.15) is 0 Å². The number of nitrogens with zero attached hydrogens (tertiary/aromatic N) is 6. The largest absolute Gasteiger partial charge is 0.541 e. The molecule has 17 nitrogen and oxygen atoms in total. The number of esters is 2. The van der Waals surface area contributed by atoms with Gasteiger partial charge >= 0.3 is 11.9 Å². The molecule has 1 N–H and O–H groups in total. The monoisotopic (exact) mass is 948 g/mol. The molecule has 0 aliphatic rings. The Hall–Kier alpha value is -4.29. The molecule has 3 atom stereocenters. The number of hydrogen-bond acceptors (Lipinski definition) is 12. The van der Waals surface area contributed by atoms with E-state index in [4.69, 9.17) is 33.3 Å². The Labute approximate surface area is 390 Å². The molecule has 1 aromatic carbocycles. The van der Waals surface area contributed by atoms with E-state index < -0.39 is 57.1 Å². The van der Waals surface area contributed by atoms with E-state index in [1.165, 1.54) is 6.92 Å². The minimum Gasteiger partial charge on any atom is -0.541 e. The van der Waals surface area contributed by atoms with Crippen LogP contribution in [0.5, 0.6) is 11.5 Å². The van der Waals surface area contributed by atoms with Crippen molar-refractivity contribution in [1.29, 1.82) is 0 Å². The molecule has 368 valence electrons. The predicted octanol–water partition coefficient (Wildman–Crippen LogP) is 11.7. The van der Waals surface area contributed by atoms with Crippen molar-refractivity contribution in [3.8, 4) is 11.5 Å². The summed E-state index contributed by atoms with van der Waals surface area (Å²) >= 11 is 0. The maximum absolute atomic E-state index is 14.3. The average molecular weight is 948 g/mol. The lowest BCUT2D eigenvalue weighted by Crippen LogP contribution is -2.52. The van der Waals surface area contributed by atoms with Gasteiger partial charge < -0.3 is 33.1 Å². The normalized spacial score (nSPS) is 14.6. The third-order valence-corrected chi connectivity index (χ3v) is 21.1. The molecule has 19 heteroatoms. The minimum absolute atomic E-state index is 0.0193. The van der Waals surface area contributed by atoms with Crippen LogP contribution < -0.4 is 14.2 Å². The van der Waals surface area contributed by atoms with Crippen LogP contribution in [0.3, 0.4) is 0 Å². The maximum atomic E-state index is 14.3. The molecule has 0 bridgehead atoms. The van der Waals surface area contributed by atoms with Crippen LogP contribution in [0.2, 0.25) is 36.3 Å². The Morgan fingerprint density at radius 2 is 1.31 bits per heavy atom. The first-order valence-corrected chi connectivity index (χ1v) is 28.8. The Balaban J connectivity index is 3.38.